The molecule has 1 rings (SSSR count). The van der Waals surface area contributed by atoms with Crippen LogP contribution in [0.25, 0.3) is 0 Å². The molecule has 1 unspecified atom stereocenters. The van der Waals surface area contributed by atoms with Crippen molar-refractivity contribution in [2.24, 2.45) is 5.92 Å². The molecule has 1 heterocycles. The van der Waals surface area contributed by atoms with Crippen LogP contribution in [0, 0.1) is 16.0 Å². The Kier molecular flexibility index (Phi) is 4.07. The standard InChI is InChI=1S/C11H16N2O5/c1-7(2)11(3,15)6-12-10(14)8-4-5-9(18-8)13(16)17/h4-5,7,15H,6H2,1-3H3,(H,12,14). The maximum Gasteiger partial charge on any atom is 0.433 e. The molecule has 0 aliphatic carbocycles. The minimum Gasteiger partial charge on any atom is -0.395 e. The maximum atomic E-state index is 11.6. The number of hydrogen-bond acceptors (Lipinski definition) is 5. The highest BCUT2D eigenvalue weighted by atomic mass is 16.6. The third-order valence-corrected chi connectivity index (χ3v) is 2.85. The molecule has 0 aromatic carbocycles. The zero-order valence-electron chi connectivity index (χ0n) is 10.5. The zero-order valence-corrected chi connectivity index (χ0v) is 10.5. The van der Waals surface area contributed by atoms with Gasteiger partial charge in [-0.2, -0.15) is 0 Å². The van der Waals surface area contributed by atoms with Gasteiger partial charge in [0.05, 0.1) is 11.7 Å². The van der Waals surface area contributed by atoms with E-state index >= 15 is 0 Å². The summed E-state index contributed by atoms with van der Waals surface area (Å²) < 4.78 is 4.74. The Morgan fingerprint density at radius 3 is 2.67 bits per heavy atom. The summed E-state index contributed by atoms with van der Waals surface area (Å²) >= 11 is 0. The average Bonchev–Trinajstić information content (AvgIpc) is 2.75. The van der Waals surface area contributed by atoms with E-state index in [0.29, 0.717) is 0 Å². The van der Waals surface area contributed by atoms with Crippen LogP contribution >= 0.6 is 0 Å². The summed E-state index contributed by atoms with van der Waals surface area (Å²) in [5, 5.41) is 22.8. The molecule has 1 aromatic heterocycles. The molecule has 18 heavy (non-hydrogen) atoms. The Morgan fingerprint density at radius 2 is 2.22 bits per heavy atom. The van der Waals surface area contributed by atoms with Gasteiger partial charge in [-0.1, -0.05) is 13.8 Å². The SMILES string of the molecule is CC(C)C(C)(O)CNC(=O)c1ccc([N+](=O)[O-])o1. The van der Waals surface area contributed by atoms with E-state index in [1.165, 1.54) is 6.07 Å². The topological polar surface area (TPSA) is 106 Å². The van der Waals surface area contributed by atoms with E-state index in [1.807, 2.05) is 13.8 Å². The molecule has 7 heteroatoms. The molecule has 100 valence electrons. The van der Waals surface area contributed by atoms with Crippen molar-refractivity contribution < 1.29 is 19.2 Å². The fourth-order valence-electron chi connectivity index (χ4n) is 1.10. The Hall–Kier alpha value is -1.89. The number of nitrogens with one attached hydrogen (secondary N) is 1. The van der Waals surface area contributed by atoms with Crippen molar-refractivity contribution in [3.05, 3.63) is 28.0 Å². The van der Waals surface area contributed by atoms with E-state index in [-0.39, 0.29) is 18.2 Å². The van der Waals surface area contributed by atoms with Crippen LogP contribution in [0.3, 0.4) is 0 Å². The fourth-order valence-corrected chi connectivity index (χ4v) is 1.10. The highest BCUT2D eigenvalue weighted by Gasteiger charge is 2.26. The summed E-state index contributed by atoms with van der Waals surface area (Å²) in [4.78, 5) is 21.3. The molecule has 1 aromatic rings. The van der Waals surface area contributed by atoms with Gasteiger partial charge in [0.2, 0.25) is 0 Å². The molecular formula is C11H16N2O5. The first-order chi connectivity index (χ1) is 8.24. The van der Waals surface area contributed by atoms with E-state index in [2.05, 4.69) is 5.32 Å². The van der Waals surface area contributed by atoms with Gasteiger partial charge in [0.15, 0.2) is 5.76 Å². The van der Waals surface area contributed by atoms with Crippen LogP contribution in [-0.2, 0) is 0 Å². The van der Waals surface area contributed by atoms with Crippen LogP contribution in [0.15, 0.2) is 16.5 Å². The number of amides is 1. The van der Waals surface area contributed by atoms with Gasteiger partial charge in [0.1, 0.15) is 4.92 Å². The molecule has 0 bridgehead atoms. The second kappa shape index (κ2) is 5.18. The van der Waals surface area contributed by atoms with E-state index in [0.717, 1.165) is 6.07 Å². The van der Waals surface area contributed by atoms with E-state index in [4.69, 9.17) is 4.42 Å². The molecule has 0 saturated carbocycles. The third kappa shape index (κ3) is 3.30. The van der Waals surface area contributed by atoms with Gasteiger partial charge >= 0.3 is 5.88 Å². The van der Waals surface area contributed by atoms with E-state index < -0.39 is 22.3 Å². The summed E-state index contributed by atoms with van der Waals surface area (Å²) in [5.74, 6) is -1.27. The second-order valence-corrected chi connectivity index (χ2v) is 4.59. The zero-order chi connectivity index (χ0) is 13.9. The van der Waals surface area contributed by atoms with Gasteiger partial charge in [0, 0.05) is 6.54 Å². The normalized spacial score (nSPS) is 14.3. The lowest BCUT2D eigenvalue weighted by Gasteiger charge is -2.27. The van der Waals surface area contributed by atoms with Crippen LogP contribution in [0.5, 0.6) is 0 Å². The summed E-state index contributed by atoms with van der Waals surface area (Å²) in [6, 6.07) is 2.33. The Morgan fingerprint density at radius 1 is 1.61 bits per heavy atom. The Bertz CT molecular complexity index is 450. The second-order valence-electron chi connectivity index (χ2n) is 4.59. The highest BCUT2D eigenvalue weighted by molar-refractivity contribution is 5.91. The average molecular weight is 256 g/mol. The van der Waals surface area contributed by atoms with Gasteiger partial charge in [0.25, 0.3) is 5.91 Å². The molecule has 0 fully saturated rings. The smallest absolute Gasteiger partial charge is 0.395 e. The van der Waals surface area contributed by atoms with Crippen molar-refractivity contribution in [3.63, 3.8) is 0 Å². The monoisotopic (exact) mass is 256 g/mol. The number of carbonyl (C=O) groups is 1. The minimum atomic E-state index is -1.05. The van der Waals surface area contributed by atoms with E-state index in [9.17, 15) is 20.0 Å². The molecule has 0 radical (unpaired) electrons. The number of aliphatic hydroxyl groups is 1. The number of hydrogen-bond donors (Lipinski definition) is 2. The molecule has 0 saturated heterocycles. The van der Waals surface area contributed by atoms with Gasteiger partial charge in [-0.15, -0.1) is 0 Å². The summed E-state index contributed by atoms with van der Waals surface area (Å²) in [5.41, 5.74) is -1.05. The Labute approximate surface area is 104 Å². The van der Waals surface area contributed by atoms with Gasteiger partial charge in [-0.05, 0) is 18.9 Å². The molecule has 1 amide bonds. The lowest BCUT2D eigenvalue weighted by Crippen LogP contribution is -2.44. The van der Waals surface area contributed by atoms with Crippen LogP contribution in [0.4, 0.5) is 5.88 Å². The predicted octanol–water partition coefficient (Wildman–Crippen LogP) is 1.32. The lowest BCUT2D eigenvalue weighted by atomic mass is 9.92. The van der Waals surface area contributed by atoms with Crippen molar-refractivity contribution in [2.75, 3.05) is 6.54 Å². The number of furan rings is 1. The molecule has 0 aliphatic heterocycles. The molecule has 0 aliphatic rings. The lowest BCUT2D eigenvalue weighted by molar-refractivity contribution is -0.402. The van der Waals surface area contributed by atoms with Crippen molar-refractivity contribution in [3.8, 4) is 0 Å². The van der Waals surface area contributed by atoms with Crippen LogP contribution in [0.2, 0.25) is 0 Å². The van der Waals surface area contributed by atoms with Crippen LogP contribution in [0.1, 0.15) is 31.3 Å². The number of nitro groups is 1. The fraction of sp³-hybridized carbons (Fsp3) is 0.545. The first-order valence-electron chi connectivity index (χ1n) is 5.49. The van der Waals surface area contributed by atoms with Gasteiger partial charge in [-0.3, -0.25) is 14.9 Å². The number of nitrogens with zero attached hydrogens (tertiary/aromatic N) is 1. The molecule has 7 nitrogen and oxygen atoms in total. The first-order valence-corrected chi connectivity index (χ1v) is 5.49. The van der Waals surface area contributed by atoms with Gasteiger partial charge in [-0.25, -0.2) is 0 Å². The summed E-state index contributed by atoms with van der Waals surface area (Å²) in [6.07, 6.45) is 0. The van der Waals surface area contributed by atoms with Crippen LogP contribution < -0.4 is 5.32 Å². The third-order valence-electron chi connectivity index (χ3n) is 2.85. The predicted molar refractivity (Wildman–Crippen MR) is 63.2 cm³/mol. The summed E-state index contributed by atoms with van der Waals surface area (Å²) in [7, 11) is 0. The van der Waals surface area contributed by atoms with Crippen molar-refractivity contribution in [1.29, 1.82) is 0 Å². The molecular weight excluding hydrogens is 240 g/mol. The quantitative estimate of drug-likeness (QED) is 0.610. The van der Waals surface area contributed by atoms with Crippen molar-refractivity contribution in [1.82, 2.24) is 5.32 Å². The summed E-state index contributed by atoms with van der Waals surface area (Å²) in [6.45, 7) is 5.29. The van der Waals surface area contributed by atoms with Gasteiger partial charge < -0.3 is 14.8 Å². The van der Waals surface area contributed by atoms with E-state index in [1.54, 1.807) is 6.92 Å². The molecule has 2 N–H and O–H groups in total. The molecule has 1 atom stereocenters. The number of carbonyl (C=O) groups excluding carboxylic acids is 1. The Balaban J connectivity index is 2.63. The first kappa shape index (κ1) is 14.2. The largest absolute Gasteiger partial charge is 0.433 e. The maximum absolute atomic E-state index is 11.6. The number of rotatable bonds is 5. The van der Waals surface area contributed by atoms with Crippen LogP contribution in [-0.4, -0.2) is 28.1 Å². The van der Waals surface area contributed by atoms with Crippen molar-refractivity contribution in [2.45, 2.75) is 26.4 Å². The highest BCUT2D eigenvalue weighted by Crippen LogP contribution is 2.17. The molecule has 0 spiro atoms. The van der Waals surface area contributed by atoms with Crippen molar-refractivity contribution >= 4 is 11.8 Å². The minimum absolute atomic E-state index is 0.0382.